The Morgan fingerprint density at radius 1 is 0.935 bits per heavy atom. The molecule has 4 rings (SSSR count). The molecule has 4 heterocycles. The van der Waals surface area contributed by atoms with Crippen LogP contribution in [0.5, 0.6) is 0 Å². The van der Waals surface area contributed by atoms with E-state index in [1.54, 1.807) is 12.3 Å². The second-order valence-corrected chi connectivity index (χ2v) is 9.41. The summed E-state index contributed by atoms with van der Waals surface area (Å²) < 4.78 is 0. The van der Waals surface area contributed by atoms with Crippen LogP contribution in [0, 0.1) is 29.1 Å². The number of hydrogen-bond donors (Lipinski definition) is 0. The van der Waals surface area contributed by atoms with E-state index < -0.39 is 0 Å². The van der Waals surface area contributed by atoms with E-state index in [2.05, 4.69) is 27.8 Å². The van der Waals surface area contributed by atoms with E-state index in [0.717, 1.165) is 64.1 Å². The minimum atomic E-state index is 0.0600. The number of carbonyl (C=O) groups excluding carboxylic acids is 2. The van der Waals surface area contributed by atoms with Crippen molar-refractivity contribution in [3.05, 3.63) is 23.9 Å². The monoisotopic (exact) mass is 423 g/mol. The molecule has 0 aliphatic carbocycles. The molecule has 2 amide bonds. The van der Waals surface area contributed by atoms with E-state index in [1.807, 2.05) is 11.0 Å². The number of pyridine rings is 1. The standard InChI is InChI=1S/C24H33N5O2/c1-18-3-2-10-29(17-18)24(31)21-8-13-28(14-9-21)23(30)20-6-11-27(12-7-20)22-5-4-19(15-25)16-26-22/h4-5,16,18,20-21H,2-3,6-14,17H2,1H3. The summed E-state index contributed by atoms with van der Waals surface area (Å²) in [6, 6.07) is 5.76. The highest BCUT2D eigenvalue weighted by Crippen LogP contribution is 2.27. The lowest BCUT2D eigenvalue weighted by Gasteiger charge is -2.39. The summed E-state index contributed by atoms with van der Waals surface area (Å²) in [5.74, 6) is 2.18. The molecule has 31 heavy (non-hydrogen) atoms. The predicted molar refractivity (Wildman–Crippen MR) is 118 cm³/mol. The Labute approximate surface area is 185 Å². The van der Waals surface area contributed by atoms with Crippen molar-refractivity contribution in [1.29, 1.82) is 5.26 Å². The van der Waals surface area contributed by atoms with Crippen molar-refractivity contribution < 1.29 is 9.59 Å². The van der Waals surface area contributed by atoms with Crippen molar-refractivity contribution in [2.45, 2.75) is 45.4 Å². The van der Waals surface area contributed by atoms with Gasteiger partial charge in [-0.3, -0.25) is 9.59 Å². The second kappa shape index (κ2) is 9.67. The highest BCUT2D eigenvalue weighted by molar-refractivity contribution is 5.81. The Kier molecular flexibility index (Phi) is 6.74. The molecule has 7 nitrogen and oxygen atoms in total. The first-order chi connectivity index (χ1) is 15.0. The van der Waals surface area contributed by atoms with Crippen LogP contribution in [0.2, 0.25) is 0 Å². The molecule has 0 saturated carbocycles. The Hall–Kier alpha value is -2.62. The fraction of sp³-hybridized carbons (Fsp3) is 0.667. The predicted octanol–water partition coefficient (Wildman–Crippen LogP) is 2.67. The summed E-state index contributed by atoms with van der Waals surface area (Å²) >= 11 is 0. The number of piperidine rings is 3. The van der Waals surface area contributed by atoms with Gasteiger partial charge in [-0.05, 0) is 56.6 Å². The average Bonchev–Trinajstić information content (AvgIpc) is 2.83. The molecule has 1 aromatic heterocycles. The number of nitrogens with zero attached hydrogens (tertiary/aromatic N) is 5. The number of rotatable bonds is 3. The number of nitriles is 1. The average molecular weight is 424 g/mol. The quantitative estimate of drug-likeness (QED) is 0.747. The first-order valence-corrected chi connectivity index (χ1v) is 11.7. The van der Waals surface area contributed by atoms with Crippen LogP contribution in [0.25, 0.3) is 0 Å². The molecule has 166 valence electrons. The Balaban J connectivity index is 1.24. The van der Waals surface area contributed by atoms with Crippen molar-refractivity contribution in [3.63, 3.8) is 0 Å². The summed E-state index contributed by atoms with van der Waals surface area (Å²) in [4.78, 5) is 36.6. The van der Waals surface area contributed by atoms with Gasteiger partial charge in [0, 0.05) is 57.3 Å². The summed E-state index contributed by atoms with van der Waals surface area (Å²) in [6.07, 6.45) is 7.17. The lowest BCUT2D eigenvalue weighted by molar-refractivity contribution is -0.143. The topological polar surface area (TPSA) is 80.5 Å². The maximum Gasteiger partial charge on any atom is 0.225 e. The minimum Gasteiger partial charge on any atom is -0.357 e. The lowest BCUT2D eigenvalue weighted by Crippen LogP contribution is -2.49. The normalized spacial score (nSPS) is 23.5. The van der Waals surface area contributed by atoms with Crippen molar-refractivity contribution >= 4 is 17.6 Å². The maximum absolute atomic E-state index is 13.1. The van der Waals surface area contributed by atoms with Gasteiger partial charge >= 0.3 is 0 Å². The van der Waals surface area contributed by atoms with Crippen LogP contribution in [-0.2, 0) is 9.59 Å². The van der Waals surface area contributed by atoms with Crippen LogP contribution < -0.4 is 4.90 Å². The van der Waals surface area contributed by atoms with Gasteiger partial charge < -0.3 is 14.7 Å². The van der Waals surface area contributed by atoms with Gasteiger partial charge in [0.1, 0.15) is 11.9 Å². The van der Waals surface area contributed by atoms with Crippen LogP contribution in [0.3, 0.4) is 0 Å². The van der Waals surface area contributed by atoms with E-state index in [0.29, 0.717) is 30.5 Å². The molecule has 1 atom stereocenters. The van der Waals surface area contributed by atoms with Gasteiger partial charge in [-0.25, -0.2) is 4.98 Å². The van der Waals surface area contributed by atoms with Crippen molar-refractivity contribution in [1.82, 2.24) is 14.8 Å². The van der Waals surface area contributed by atoms with Crippen LogP contribution in [0.15, 0.2) is 18.3 Å². The molecule has 7 heteroatoms. The van der Waals surface area contributed by atoms with E-state index in [-0.39, 0.29) is 17.7 Å². The van der Waals surface area contributed by atoms with Crippen molar-refractivity contribution in [3.8, 4) is 6.07 Å². The van der Waals surface area contributed by atoms with Crippen LogP contribution >= 0.6 is 0 Å². The van der Waals surface area contributed by atoms with Crippen LogP contribution in [-0.4, -0.2) is 65.9 Å². The first kappa shape index (κ1) is 21.6. The molecule has 1 unspecified atom stereocenters. The third kappa shape index (κ3) is 5.00. The molecule has 0 radical (unpaired) electrons. The van der Waals surface area contributed by atoms with Gasteiger partial charge in [0.25, 0.3) is 0 Å². The maximum atomic E-state index is 13.1. The number of aromatic nitrogens is 1. The number of carbonyl (C=O) groups is 2. The van der Waals surface area contributed by atoms with E-state index in [1.165, 1.54) is 6.42 Å². The third-order valence-electron chi connectivity index (χ3n) is 7.17. The van der Waals surface area contributed by atoms with Gasteiger partial charge in [-0.15, -0.1) is 0 Å². The van der Waals surface area contributed by atoms with Gasteiger partial charge in [0.05, 0.1) is 5.56 Å². The molecule has 1 aromatic rings. The summed E-state index contributed by atoms with van der Waals surface area (Å²) in [5, 5.41) is 8.92. The molecule has 0 N–H and O–H groups in total. The highest BCUT2D eigenvalue weighted by atomic mass is 16.2. The fourth-order valence-electron chi connectivity index (χ4n) is 5.25. The number of likely N-dealkylation sites (tertiary alicyclic amines) is 2. The second-order valence-electron chi connectivity index (χ2n) is 9.41. The molecule has 3 saturated heterocycles. The molecule has 0 aromatic carbocycles. The molecule has 3 aliphatic rings. The van der Waals surface area contributed by atoms with Crippen LogP contribution in [0.1, 0.15) is 51.0 Å². The fourth-order valence-corrected chi connectivity index (χ4v) is 5.25. The minimum absolute atomic E-state index is 0.0600. The van der Waals surface area contributed by atoms with Crippen molar-refractivity contribution in [2.75, 3.05) is 44.2 Å². The zero-order valence-corrected chi connectivity index (χ0v) is 18.5. The smallest absolute Gasteiger partial charge is 0.225 e. The van der Waals surface area contributed by atoms with Gasteiger partial charge in [0.2, 0.25) is 11.8 Å². The van der Waals surface area contributed by atoms with Crippen molar-refractivity contribution in [2.24, 2.45) is 17.8 Å². The van der Waals surface area contributed by atoms with Crippen LogP contribution in [0.4, 0.5) is 5.82 Å². The number of anilines is 1. The molecule has 0 bridgehead atoms. The number of amides is 2. The summed E-state index contributed by atoms with van der Waals surface area (Å²) in [7, 11) is 0. The summed E-state index contributed by atoms with van der Waals surface area (Å²) in [6.45, 7) is 7.03. The zero-order valence-electron chi connectivity index (χ0n) is 18.5. The molecule has 3 fully saturated rings. The first-order valence-electron chi connectivity index (χ1n) is 11.7. The van der Waals surface area contributed by atoms with Gasteiger partial charge in [-0.1, -0.05) is 6.92 Å². The third-order valence-corrected chi connectivity index (χ3v) is 7.17. The zero-order chi connectivity index (χ0) is 21.8. The SMILES string of the molecule is CC1CCCN(C(=O)C2CCN(C(=O)C3CCN(c4ccc(C#N)cn4)CC3)CC2)C1. The summed E-state index contributed by atoms with van der Waals surface area (Å²) in [5.41, 5.74) is 0.561. The van der Waals surface area contributed by atoms with E-state index in [9.17, 15) is 9.59 Å². The van der Waals surface area contributed by atoms with E-state index in [4.69, 9.17) is 5.26 Å². The molecular weight excluding hydrogens is 390 g/mol. The van der Waals surface area contributed by atoms with Gasteiger partial charge in [0.15, 0.2) is 0 Å². The Morgan fingerprint density at radius 3 is 2.16 bits per heavy atom. The molecular formula is C24H33N5O2. The molecule has 0 spiro atoms. The number of hydrogen-bond acceptors (Lipinski definition) is 5. The highest BCUT2D eigenvalue weighted by Gasteiger charge is 2.34. The van der Waals surface area contributed by atoms with E-state index >= 15 is 0 Å². The Morgan fingerprint density at radius 2 is 1.58 bits per heavy atom. The van der Waals surface area contributed by atoms with Gasteiger partial charge in [-0.2, -0.15) is 5.26 Å². The largest absolute Gasteiger partial charge is 0.357 e. The Bertz CT molecular complexity index is 817. The lowest BCUT2D eigenvalue weighted by atomic mass is 9.90. The molecule has 3 aliphatic heterocycles.